The van der Waals surface area contributed by atoms with Crippen LogP contribution in [0.15, 0.2) is 58.0 Å². The van der Waals surface area contributed by atoms with E-state index in [4.69, 9.17) is 9.15 Å². The number of benzene rings is 1. The third-order valence-corrected chi connectivity index (χ3v) is 3.78. The molecule has 3 aromatic rings. The molecule has 0 saturated heterocycles. The van der Waals surface area contributed by atoms with E-state index in [0.29, 0.717) is 22.4 Å². The maximum Gasteiger partial charge on any atom is 0.347 e. The van der Waals surface area contributed by atoms with Crippen molar-refractivity contribution in [3.63, 3.8) is 0 Å². The van der Waals surface area contributed by atoms with Gasteiger partial charge in [-0.15, -0.1) is 0 Å². The molecule has 2 heterocycles. The molecule has 7 nitrogen and oxygen atoms in total. The zero-order valence-corrected chi connectivity index (χ0v) is 16.3. The summed E-state index contributed by atoms with van der Waals surface area (Å²) in [5, 5.41) is 3.25. The van der Waals surface area contributed by atoms with Gasteiger partial charge in [0.25, 0.3) is 0 Å². The third kappa shape index (κ3) is 4.79. The second-order valence-corrected chi connectivity index (χ2v) is 5.71. The Kier molecular flexibility index (Phi) is 6.46. The van der Waals surface area contributed by atoms with Crippen LogP contribution in [0.3, 0.4) is 0 Å². The van der Waals surface area contributed by atoms with Crippen molar-refractivity contribution in [2.24, 2.45) is 0 Å². The first-order valence-electron chi connectivity index (χ1n) is 7.88. The number of carbonyl (C=O) groups is 2. The van der Waals surface area contributed by atoms with Gasteiger partial charge < -0.3 is 31.5 Å². The Balaban J connectivity index is 0.00000261. The number of methoxy groups -OCH3 is 1. The molecule has 1 N–H and O–H groups in total. The maximum atomic E-state index is 12.5. The van der Waals surface area contributed by atoms with Crippen molar-refractivity contribution < 1.29 is 40.3 Å². The van der Waals surface area contributed by atoms with Crippen molar-refractivity contribution in [2.75, 3.05) is 12.4 Å². The molecule has 2 aromatic heterocycles. The Morgan fingerprint density at radius 3 is 2.48 bits per heavy atom. The summed E-state index contributed by atoms with van der Waals surface area (Å²) in [4.78, 5) is 35.7. The van der Waals surface area contributed by atoms with E-state index < -0.39 is 5.63 Å². The highest BCUT2D eigenvalue weighted by Gasteiger charge is 2.18. The SMILES string of the molecule is COc1ccc2oc(=O)c(C(=O)C[n+]3ccc(NC(C)=O)cc3)cc2c1.[Br-]. The first kappa shape index (κ1) is 20.3. The lowest BCUT2D eigenvalue weighted by Crippen LogP contribution is -3.00. The minimum atomic E-state index is -0.678. The average Bonchev–Trinajstić information content (AvgIpc) is 2.62. The third-order valence-electron chi connectivity index (χ3n) is 3.78. The minimum absolute atomic E-state index is 0. The van der Waals surface area contributed by atoms with Crippen LogP contribution in [0.25, 0.3) is 11.0 Å². The number of fused-ring (bicyclic) bond motifs is 1. The smallest absolute Gasteiger partial charge is 0.347 e. The Morgan fingerprint density at radius 2 is 1.85 bits per heavy atom. The topological polar surface area (TPSA) is 89.5 Å². The van der Waals surface area contributed by atoms with Crippen molar-refractivity contribution >= 4 is 28.3 Å². The normalized spacial score (nSPS) is 10.1. The summed E-state index contributed by atoms with van der Waals surface area (Å²) in [6, 6.07) is 9.85. The molecule has 0 aliphatic rings. The molecule has 8 heteroatoms. The summed E-state index contributed by atoms with van der Waals surface area (Å²) in [5.74, 6) is 0.0523. The molecule has 3 rings (SSSR count). The van der Waals surface area contributed by atoms with E-state index in [0.717, 1.165) is 0 Å². The molecular weight excluding hydrogens is 416 g/mol. The van der Waals surface area contributed by atoms with Crippen LogP contribution in [0.5, 0.6) is 5.75 Å². The fraction of sp³-hybridized carbons (Fsp3) is 0.158. The molecule has 0 atom stereocenters. The van der Waals surface area contributed by atoms with Gasteiger partial charge in [-0.25, -0.2) is 4.79 Å². The molecule has 0 bridgehead atoms. The standard InChI is InChI=1S/C19H16N2O5.BrH/c1-12(22)20-14-5-7-21(8-6-14)11-17(23)16-10-13-9-15(25-2)3-4-18(13)26-19(16)24;/h3-10H,11H2,1-2H3;1H. The molecule has 1 aromatic carbocycles. The lowest BCUT2D eigenvalue weighted by molar-refractivity contribution is -0.683. The van der Waals surface area contributed by atoms with Crippen molar-refractivity contribution in [3.05, 3.63) is 64.8 Å². The molecular formula is C19H17BrN2O5. The average molecular weight is 433 g/mol. The van der Waals surface area contributed by atoms with Crippen LogP contribution in [-0.2, 0) is 11.3 Å². The first-order chi connectivity index (χ1) is 12.5. The highest BCUT2D eigenvalue weighted by molar-refractivity contribution is 5.97. The Bertz CT molecular complexity index is 1040. The number of nitrogens with zero attached hydrogens (tertiary/aromatic N) is 1. The van der Waals surface area contributed by atoms with Gasteiger partial charge >= 0.3 is 5.63 Å². The zero-order chi connectivity index (χ0) is 18.7. The molecule has 0 unspecified atom stereocenters. The summed E-state index contributed by atoms with van der Waals surface area (Å²) >= 11 is 0. The number of anilines is 1. The van der Waals surface area contributed by atoms with Gasteiger partial charge in [-0.1, -0.05) is 0 Å². The number of hydrogen-bond donors (Lipinski definition) is 1. The molecule has 1 amide bonds. The maximum absolute atomic E-state index is 12.5. The van der Waals surface area contributed by atoms with Gasteiger partial charge in [-0.05, 0) is 24.3 Å². The van der Waals surface area contributed by atoms with Crippen LogP contribution < -0.4 is 37.2 Å². The van der Waals surface area contributed by atoms with Crippen LogP contribution in [0.1, 0.15) is 17.3 Å². The molecule has 140 valence electrons. The quantitative estimate of drug-likeness (QED) is 0.315. The van der Waals surface area contributed by atoms with Crippen molar-refractivity contribution in [1.29, 1.82) is 0 Å². The van der Waals surface area contributed by atoms with Gasteiger partial charge in [0.1, 0.15) is 16.9 Å². The number of nitrogens with one attached hydrogen (secondary N) is 1. The van der Waals surface area contributed by atoms with Gasteiger partial charge in [-0.3, -0.25) is 9.59 Å². The second-order valence-electron chi connectivity index (χ2n) is 5.71. The predicted octanol–water partition coefficient (Wildman–Crippen LogP) is -1.07. The van der Waals surface area contributed by atoms with Crippen LogP contribution in [0.4, 0.5) is 5.69 Å². The number of ketones is 1. The Hall–Kier alpha value is -3.00. The van der Waals surface area contributed by atoms with Crippen LogP contribution in [0, 0.1) is 0 Å². The first-order valence-corrected chi connectivity index (χ1v) is 7.88. The van der Waals surface area contributed by atoms with E-state index in [1.165, 1.54) is 20.1 Å². The summed E-state index contributed by atoms with van der Waals surface area (Å²) in [5.41, 5.74) is 0.311. The van der Waals surface area contributed by atoms with E-state index >= 15 is 0 Å². The minimum Gasteiger partial charge on any atom is -1.00 e. The Morgan fingerprint density at radius 1 is 1.15 bits per heavy atom. The monoisotopic (exact) mass is 432 g/mol. The highest BCUT2D eigenvalue weighted by Crippen LogP contribution is 2.20. The zero-order valence-electron chi connectivity index (χ0n) is 14.7. The van der Waals surface area contributed by atoms with Gasteiger partial charge in [-0.2, -0.15) is 4.57 Å². The fourth-order valence-electron chi connectivity index (χ4n) is 2.52. The predicted molar refractivity (Wildman–Crippen MR) is 94.3 cm³/mol. The summed E-state index contributed by atoms with van der Waals surface area (Å²) in [7, 11) is 1.54. The molecule has 0 radical (unpaired) electrons. The summed E-state index contributed by atoms with van der Waals surface area (Å²) in [6.07, 6.45) is 3.30. The lowest BCUT2D eigenvalue weighted by atomic mass is 10.1. The van der Waals surface area contributed by atoms with Gasteiger partial charge in [0.05, 0.1) is 12.8 Å². The number of pyridine rings is 1. The lowest BCUT2D eigenvalue weighted by Gasteiger charge is -2.03. The number of halogens is 1. The molecule has 0 aliphatic heterocycles. The van der Waals surface area contributed by atoms with Gasteiger partial charge in [0.15, 0.2) is 12.4 Å². The number of carbonyl (C=O) groups excluding carboxylic acids is 2. The van der Waals surface area contributed by atoms with Gasteiger partial charge in [0.2, 0.25) is 18.2 Å². The summed E-state index contributed by atoms with van der Waals surface area (Å²) in [6.45, 7) is 1.39. The van der Waals surface area contributed by atoms with E-state index in [2.05, 4.69) is 5.32 Å². The molecule has 0 aliphatic carbocycles. The molecule has 0 saturated carbocycles. The van der Waals surface area contributed by atoms with Crippen LogP contribution >= 0.6 is 0 Å². The number of rotatable bonds is 5. The number of ether oxygens (including phenoxy) is 1. The second kappa shape index (κ2) is 8.59. The van der Waals surface area contributed by atoms with Crippen LogP contribution in [-0.4, -0.2) is 18.8 Å². The number of aromatic nitrogens is 1. The number of Topliss-reactive ketones (excluding diaryl/α,β-unsaturated/α-hetero) is 1. The Labute approximate surface area is 165 Å². The van der Waals surface area contributed by atoms with E-state index in [1.54, 1.807) is 47.3 Å². The fourth-order valence-corrected chi connectivity index (χ4v) is 2.52. The molecule has 0 spiro atoms. The molecule has 27 heavy (non-hydrogen) atoms. The van der Waals surface area contributed by atoms with Crippen molar-refractivity contribution in [2.45, 2.75) is 13.5 Å². The van der Waals surface area contributed by atoms with Crippen LogP contribution in [0.2, 0.25) is 0 Å². The van der Waals surface area contributed by atoms with Gasteiger partial charge in [0, 0.05) is 24.4 Å². The highest BCUT2D eigenvalue weighted by atomic mass is 79.9. The molecule has 0 fully saturated rings. The number of amides is 1. The van der Waals surface area contributed by atoms with E-state index in [1.807, 2.05) is 0 Å². The number of hydrogen-bond acceptors (Lipinski definition) is 5. The van der Waals surface area contributed by atoms with E-state index in [-0.39, 0.29) is 40.8 Å². The summed E-state index contributed by atoms with van der Waals surface area (Å²) < 4.78 is 12.0. The van der Waals surface area contributed by atoms with Crippen molar-refractivity contribution in [3.8, 4) is 5.75 Å². The van der Waals surface area contributed by atoms with Crippen molar-refractivity contribution in [1.82, 2.24) is 0 Å². The largest absolute Gasteiger partial charge is 1.00 e. The van der Waals surface area contributed by atoms with E-state index in [9.17, 15) is 14.4 Å².